The third-order valence-corrected chi connectivity index (χ3v) is 5.27. The maximum absolute atomic E-state index is 12.6. The van der Waals surface area contributed by atoms with Crippen LogP contribution in [0.3, 0.4) is 0 Å². The van der Waals surface area contributed by atoms with E-state index in [4.69, 9.17) is 5.11 Å². The van der Waals surface area contributed by atoms with Crippen molar-refractivity contribution < 1.29 is 19.5 Å². The van der Waals surface area contributed by atoms with Gasteiger partial charge < -0.3 is 14.9 Å². The average Bonchev–Trinajstić information content (AvgIpc) is 2.84. The van der Waals surface area contributed by atoms with Gasteiger partial charge in [0.2, 0.25) is 5.91 Å². The van der Waals surface area contributed by atoms with Gasteiger partial charge in [0, 0.05) is 30.2 Å². The van der Waals surface area contributed by atoms with Crippen LogP contribution in [-0.4, -0.2) is 63.3 Å². The lowest BCUT2D eigenvalue weighted by atomic mass is 10.1. The number of carboxylic acids is 1. The Labute approximate surface area is 138 Å². The highest BCUT2D eigenvalue weighted by molar-refractivity contribution is 7.99. The first kappa shape index (κ1) is 15.9. The molecule has 3 rings (SSSR count). The highest BCUT2D eigenvalue weighted by Crippen LogP contribution is 2.24. The van der Waals surface area contributed by atoms with Crippen LogP contribution in [0.15, 0.2) is 24.3 Å². The van der Waals surface area contributed by atoms with Crippen LogP contribution in [0.5, 0.6) is 0 Å². The molecule has 1 fully saturated rings. The van der Waals surface area contributed by atoms with Gasteiger partial charge in [-0.3, -0.25) is 14.4 Å². The predicted octanol–water partition coefficient (Wildman–Crippen LogP) is 1.06. The van der Waals surface area contributed by atoms with Gasteiger partial charge >= 0.3 is 5.97 Å². The Bertz CT molecular complexity index is 649. The van der Waals surface area contributed by atoms with Gasteiger partial charge in [0.05, 0.1) is 12.5 Å². The minimum absolute atomic E-state index is 0.00823. The van der Waals surface area contributed by atoms with Gasteiger partial charge in [-0.2, -0.15) is 11.8 Å². The summed E-state index contributed by atoms with van der Waals surface area (Å²) in [6.45, 7) is 0.984. The van der Waals surface area contributed by atoms with Crippen molar-refractivity contribution >= 4 is 29.5 Å². The summed E-state index contributed by atoms with van der Waals surface area (Å²) in [6.07, 6.45) is -0.0487. The number of carbonyl (C=O) groups is 3. The van der Waals surface area contributed by atoms with Crippen molar-refractivity contribution in [2.75, 3.05) is 24.6 Å². The molecule has 1 aromatic carbocycles. The van der Waals surface area contributed by atoms with E-state index in [-0.39, 0.29) is 30.8 Å². The molecule has 0 radical (unpaired) electrons. The van der Waals surface area contributed by atoms with Gasteiger partial charge in [-0.25, -0.2) is 0 Å². The van der Waals surface area contributed by atoms with Crippen molar-refractivity contribution in [2.24, 2.45) is 0 Å². The van der Waals surface area contributed by atoms with Crippen LogP contribution >= 0.6 is 11.8 Å². The normalized spacial score (nSPS) is 20.5. The summed E-state index contributed by atoms with van der Waals surface area (Å²) in [5, 5.41) is 9.00. The molecule has 6 nitrogen and oxygen atoms in total. The monoisotopic (exact) mass is 334 g/mol. The molecule has 2 aliphatic rings. The second-order valence-electron chi connectivity index (χ2n) is 5.73. The number of nitrogens with zero attached hydrogens (tertiary/aromatic N) is 2. The van der Waals surface area contributed by atoms with Gasteiger partial charge in [0.15, 0.2) is 0 Å². The van der Waals surface area contributed by atoms with Crippen molar-refractivity contribution in [3.8, 4) is 0 Å². The molecule has 23 heavy (non-hydrogen) atoms. The summed E-state index contributed by atoms with van der Waals surface area (Å²) in [5.41, 5.74) is 1.58. The van der Waals surface area contributed by atoms with Crippen LogP contribution in [0, 0.1) is 0 Å². The smallest absolute Gasteiger partial charge is 0.305 e. The Morgan fingerprint density at radius 3 is 2.83 bits per heavy atom. The van der Waals surface area contributed by atoms with E-state index in [9.17, 15) is 14.4 Å². The molecule has 0 aromatic heterocycles. The molecule has 122 valence electrons. The number of thioether (sulfide) groups is 1. The Morgan fingerprint density at radius 2 is 2.09 bits per heavy atom. The van der Waals surface area contributed by atoms with Crippen molar-refractivity contribution in [3.05, 3.63) is 35.4 Å². The molecule has 0 aliphatic carbocycles. The van der Waals surface area contributed by atoms with E-state index in [1.54, 1.807) is 22.7 Å². The molecule has 0 spiro atoms. The fourth-order valence-electron chi connectivity index (χ4n) is 3.05. The third kappa shape index (κ3) is 3.34. The lowest BCUT2D eigenvalue weighted by Crippen LogP contribution is -2.50. The number of amides is 2. The molecule has 2 aliphatic heterocycles. The summed E-state index contributed by atoms with van der Waals surface area (Å²) in [4.78, 5) is 39.0. The number of carbonyl (C=O) groups excluding carboxylic acids is 2. The quantitative estimate of drug-likeness (QED) is 0.891. The highest BCUT2D eigenvalue weighted by Gasteiger charge is 2.33. The lowest BCUT2D eigenvalue weighted by molar-refractivity contribution is -0.140. The molecule has 1 saturated heterocycles. The minimum atomic E-state index is -0.903. The highest BCUT2D eigenvalue weighted by atomic mass is 32.2. The zero-order chi connectivity index (χ0) is 16.4. The predicted molar refractivity (Wildman–Crippen MR) is 86.3 cm³/mol. The van der Waals surface area contributed by atoms with Gasteiger partial charge in [0.25, 0.3) is 5.91 Å². The van der Waals surface area contributed by atoms with Crippen LogP contribution in [0.25, 0.3) is 0 Å². The van der Waals surface area contributed by atoms with Crippen LogP contribution in [0.1, 0.15) is 22.3 Å². The minimum Gasteiger partial charge on any atom is -0.481 e. The Hall–Kier alpha value is -2.02. The fraction of sp³-hybridized carbons (Fsp3) is 0.438. The first-order chi connectivity index (χ1) is 11.1. The van der Waals surface area contributed by atoms with E-state index in [2.05, 4.69) is 0 Å². The molecule has 1 N–H and O–H groups in total. The molecule has 7 heteroatoms. The maximum Gasteiger partial charge on any atom is 0.305 e. The van der Waals surface area contributed by atoms with Crippen molar-refractivity contribution in [1.29, 1.82) is 0 Å². The van der Waals surface area contributed by atoms with Crippen LogP contribution < -0.4 is 0 Å². The molecule has 0 bridgehead atoms. The Kier molecular flexibility index (Phi) is 4.56. The van der Waals surface area contributed by atoms with Crippen molar-refractivity contribution in [1.82, 2.24) is 9.80 Å². The SMILES string of the molecule is O=C(O)CC1CSCCN1C(=O)CN1Cc2ccccc2C1=O. The molecule has 1 aromatic rings. The summed E-state index contributed by atoms with van der Waals surface area (Å²) >= 11 is 1.66. The zero-order valence-electron chi connectivity index (χ0n) is 12.6. The van der Waals surface area contributed by atoms with Gasteiger partial charge in [-0.15, -0.1) is 0 Å². The molecule has 0 saturated carbocycles. The first-order valence-corrected chi connectivity index (χ1v) is 8.68. The van der Waals surface area contributed by atoms with Gasteiger partial charge in [-0.1, -0.05) is 18.2 Å². The Balaban J connectivity index is 1.67. The zero-order valence-corrected chi connectivity index (χ0v) is 13.4. The first-order valence-electron chi connectivity index (χ1n) is 7.52. The van der Waals surface area contributed by atoms with E-state index in [0.29, 0.717) is 24.4 Å². The van der Waals surface area contributed by atoms with E-state index in [1.807, 2.05) is 18.2 Å². The largest absolute Gasteiger partial charge is 0.481 e. The van der Waals surface area contributed by atoms with E-state index >= 15 is 0 Å². The summed E-state index contributed by atoms with van der Waals surface area (Å²) in [7, 11) is 0. The summed E-state index contributed by atoms with van der Waals surface area (Å²) in [5.74, 6) is 0.232. The lowest BCUT2D eigenvalue weighted by Gasteiger charge is -2.35. The molecule has 2 heterocycles. The molecule has 2 amide bonds. The number of hydrogen-bond donors (Lipinski definition) is 1. The Morgan fingerprint density at radius 1 is 1.30 bits per heavy atom. The topological polar surface area (TPSA) is 77.9 Å². The average molecular weight is 334 g/mol. The van der Waals surface area contributed by atoms with E-state index in [0.717, 1.165) is 11.3 Å². The summed E-state index contributed by atoms with van der Waals surface area (Å²) < 4.78 is 0. The number of carboxylic acid groups (broad SMARTS) is 1. The molecular weight excluding hydrogens is 316 g/mol. The third-order valence-electron chi connectivity index (χ3n) is 4.18. The number of benzene rings is 1. The second-order valence-corrected chi connectivity index (χ2v) is 6.88. The van der Waals surface area contributed by atoms with Crippen LogP contribution in [-0.2, 0) is 16.1 Å². The van der Waals surface area contributed by atoms with Crippen molar-refractivity contribution in [2.45, 2.75) is 19.0 Å². The van der Waals surface area contributed by atoms with Gasteiger partial charge in [0.1, 0.15) is 6.54 Å². The number of aliphatic carboxylic acids is 1. The number of rotatable bonds is 4. The van der Waals surface area contributed by atoms with Crippen LogP contribution in [0.4, 0.5) is 0 Å². The molecule has 1 atom stereocenters. The van der Waals surface area contributed by atoms with Crippen LogP contribution in [0.2, 0.25) is 0 Å². The van der Waals surface area contributed by atoms with Gasteiger partial charge in [-0.05, 0) is 11.6 Å². The fourth-order valence-corrected chi connectivity index (χ4v) is 4.11. The van der Waals surface area contributed by atoms with Crippen molar-refractivity contribution in [3.63, 3.8) is 0 Å². The molecule has 1 unspecified atom stereocenters. The standard InChI is InChI=1S/C16H18N2O4S/c19-14(18-5-6-23-10-12(18)7-15(20)21)9-17-8-11-3-1-2-4-13(11)16(17)22/h1-4,12H,5-10H2,(H,20,21). The number of hydrogen-bond acceptors (Lipinski definition) is 4. The maximum atomic E-state index is 12.6. The number of fused-ring (bicyclic) bond motifs is 1. The summed E-state index contributed by atoms with van der Waals surface area (Å²) in [6, 6.07) is 7.06. The van der Waals surface area contributed by atoms with E-state index in [1.165, 1.54) is 4.90 Å². The second kappa shape index (κ2) is 6.62. The molecular formula is C16H18N2O4S. The van der Waals surface area contributed by atoms with E-state index < -0.39 is 5.97 Å².